The zero-order chi connectivity index (χ0) is 45.8. The molecule has 0 aromatic heterocycles. The van der Waals surface area contributed by atoms with Crippen LogP contribution in [0.1, 0.15) is 329 Å². The van der Waals surface area contributed by atoms with Crippen molar-refractivity contribution in [1.29, 1.82) is 0 Å². The van der Waals surface area contributed by atoms with Crippen molar-refractivity contribution in [1.82, 2.24) is 0 Å². The number of hydrogen-bond acceptors (Lipinski definition) is 6. The van der Waals surface area contributed by atoms with E-state index in [9.17, 15) is 14.4 Å². The molecule has 0 saturated carbocycles. The molecule has 0 saturated heterocycles. The van der Waals surface area contributed by atoms with Crippen molar-refractivity contribution in [2.24, 2.45) is 0 Å². The summed E-state index contributed by atoms with van der Waals surface area (Å²) in [6.45, 7) is 6.70. The molecular formula is C57H110O6. The number of unbranched alkanes of at least 4 members (excludes halogenated alkanes) is 42. The van der Waals surface area contributed by atoms with Gasteiger partial charge in [-0.15, -0.1) is 0 Å². The average Bonchev–Trinajstić information content (AvgIpc) is 3.28. The van der Waals surface area contributed by atoms with Crippen molar-refractivity contribution in [3.63, 3.8) is 0 Å². The summed E-state index contributed by atoms with van der Waals surface area (Å²) in [4.78, 5) is 38.1. The van der Waals surface area contributed by atoms with Crippen molar-refractivity contribution in [3.8, 4) is 0 Å². The normalized spacial score (nSPS) is 11.9. The van der Waals surface area contributed by atoms with Crippen LogP contribution in [0, 0.1) is 0 Å². The number of hydrogen-bond donors (Lipinski definition) is 0. The standard InChI is InChI=1S/C57H110O6/c1-4-7-10-13-16-19-22-25-27-28-29-31-32-35-38-41-44-47-50-56(59)62-53-54(52-61-55(58)49-46-43-40-37-34-24-21-18-15-12-9-6-3)63-57(60)51-48-45-42-39-36-33-30-26-23-20-17-14-11-8-5-2/h54H,4-53H2,1-3H3/t54-/m0/s1. The summed E-state index contributed by atoms with van der Waals surface area (Å²) in [5.41, 5.74) is 0. The van der Waals surface area contributed by atoms with Gasteiger partial charge < -0.3 is 14.2 Å². The fraction of sp³-hybridized carbons (Fsp3) is 0.947. The predicted molar refractivity (Wildman–Crippen MR) is 270 cm³/mol. The van der Waals surface area contributed by atoms with E-state index in [1.165, 1.54) is 231 Å². The smallest absolute Gasteiger partial charge is 0.306 e. The average molecular weight is 892 g/mol. The van der Waals surface area contributed by atoms with Crippen LogP contribution >= 0.6 is 0 Å². The first-order valence-corrected chi connectivity index (χ1v) is 28.5. The molecular weight excluding hydrogens is 781 g/mol. The highest BCUT2D eigenvalue weighted by Gasteiger charge is 2.19. The van der Waals surface area contributed by atoms with Crippen LogP contribution in [0.2, 0.25) is 0 Å². The molecule has 6 nitrogen and oxygen atoms in total. The quantitative estimate of drug-likeness (QED) is 0.0344. The highest BCUT2D eigenvalue weighted by atomic mass is 16.6. The van der Waals surface area contributed by atoms with Crippen LogP contribution in [0.15, 0.2) is 0 Å². The summed E-state index contributed by atoms with van der Waals surface area (Å²) in [6.07, 6.45) is 58.0. The van der Waals surface area contributed by atoms with Crippen LogP contribution in [0.4, 0.5) is 0 Å². The summed E-state index contributed by atoms with van der Waals surface area (Å²) in [7, 11) is 0. The van der Waals surface area contributed by atoms with Gasteiger partial charge in [-0.05, 0) is 19.3 Å². The van der Waals surface area contributed by atoms with Crippen LogP contribution < -0.4 is 0 Å². The van der Waals surface area contributed by atoms with E-state index in [2.05, 4.69) is 20.8 Å². The topological polar surface area (TPSA) is 78.9 Å². The lowest BCUT2D eigenvalue weighted by Crippen LogP contribution is -2.30. The van der Waals surface area contributed by atoms with Gasteiger partial charge in [-0.25, -0.2) is 0 Å². The maximum absolute atomic E-state index is 12.8. The first kappa shape index (κ1) is 61.4. The second-order valence-electron chi connectivity index (χ2n) is 19.6. The molecule has 0 radical (unpaired) electrons. The number of carbonyl (C=O) groups is 3. The molecule has 0 aromatic carbocycles. The lowest BCUT2D eigenvalue weighted by molar-refractivity contribution is -0.167. The van der Waals surface area contributed by atoms with Crippen LogP contribution in [0.3, 0.4) is 0 Å². The Kier molecular flexibility index (Phi) is 51.7. The van der Waals surface area contributed by atoms with Gasteiger partial charge in [0.25, 0.3) is 0 Å². The molecule has 0 rings (SSSR count). The monoisotopic (exact) mass is 891 g/mol. The van der Waals surface area contributed by atoms with Gasteiger partial charge in [0.05, 0.1) is 0 Å². The van der Waals surface area contributed by atoms with Crippen molar-refractivity contribution in [3.05, 3.63) is 0 Å². The molecule has 63 heavy (non-hydrogen) atoms. The summed E-state index contributed by atoms with van der Waals surface area (Å²) in [5.74, 6) is -0.834. The van der Waals surface area contributed by atoms with E-state index in [0.29, 0.717) is 19.3 Å². The Bertz CT molecular complexity index is 936. The van der Waals surface area contributed by atoms with E-state index < -0.39 is 6.10 Å². The number of esters is 3. The molecule has 0 spiro atoms. The third-order valence-corrected chi connectivity index (χ3v) is 13.1. The summed E-state index contributed by atoms with van der Waals surface area (Å²) >= 11 is 0. The first-order chi connectivity index (χ1) is 31.0. The predicted octanol–water partition coefficient (Wildman–Crippen LogP) is 18.8. The van der Waals surface area contributed by atoms with Crippen LogP contribution in [-0.4, -0.2) is 37.2 Å². The van der Waals surface area contributed by atoms with Gasteiger partial charge in [-0.3, -0.25) is 14.4 Å². The van der Waals surface area contributed by atoms with Gasteiger partial charge in [-0.2, -0.15) is 0 Å². The van der Waals surface area contributed by atoms with Crippen LogP contribution in [0.25, 0.3) is 0 Å². The Morgan fingerprint density at radius 1 is 0.254 bits per heavy atom. The fourth-order valence-electron chi connectivity index (χ4n) is 8.80. The highest BCUT2D eigenvalue weighted by Crippen LogP contribution is 2.18. The summed E-state index contributed by atoms with van der Waals surface area (Å²) in [6, 6.07) is 0. The zero-order valence-electron chi connectivity index (χ0n) is 42.9. The molecule has 0 aliphatic rings. The van der Waals surface area contributed by atoms with Crippen molar-refractivity contribution in [2.45, 2.75) is 335 Å². The molecule has 1 atom stereocenters. The molecule has 6 heteroatoms. The van der Waals surface area contributed by atoms with Gasteiger partial charge in [0.15, 0.2) is 6.10 Å². The SMILES string of the molecule is CCCCCCCCCCCCCCCCCCCCC(=O)OC[C@H](COC(=O)CCCCCCCCCCCCCC)OC(=O)CCCCCCCCCCCCCCCCC. The lowest BCUT2D eigenvalue weighted by atomic mass is 10.0. The van der Waals surface area contributed by atoms with Crippen molar-refractivity contribution in [2.75, 3.05) is 13.2 Å². The largest absolute Gasteiger partial charge is 0.462 e. The second kappa shape index (κ2) is 53.0. The Morgan fingerprint density at radius 3 is 0.635 bits per heavy atom. The zero-order valence-corrected chi connectivity index (χ0v) is 42.9. The van der Waals surface area contributed by atoms with Crippen LogP contribution in [0.5, 0.6) is 0 Å². The first-order valence-electron chi connectivity index (χ1n) is 28.5. The maximum Gasteiger partial charge on any atom is 0.306 e. The molecule has 0 aliphatic carbocycles. The molecule has 0 amide bonds. The number of ether oxygens (including phenoxy) is 3. The van der Waals surface area contributed by atoms with E-state index in [1.807, 2.05) is 0 Å². The van der Waals surface area contributed by atoms with Crippen LogP contribution in [-0.2, 0) is 28.6 Å². The van der Waals surface area contributed by atoms with Gasteiger partial charge in [0, 0.05) is 19.3 Å². The van der Waals surface area contributed by atoms with E-state index in [-0.39, 0.29) is 31.1 Å². The molecule has 0 heterocycles. The molecule has 0 bridgehead atoms. The van der Waals surface area contributed by atoms with Gasteiger partial charge in [0.1, 0.15) is 13.2 Å². The Morgan fingerprint density at radius 2 is 0.429 bits per heavy atom. The Labute approximate surface area is 393 Å². The van der Waals surface area contributed by atoms with E-state index in [4.69, 9.17) is 14.2 Å². The van der Waals surface area contributed by atoms with E-state index in [1.54, 1.807) is 0 Å². The van der Waals surface area contributed by atoms with E-state index >= 15 is 0 Å². The fourth-order valence-corrected chi connectivity index (χ4v) is 8.80. The summed E-state index contributed by atoms with van der Waals surface area (Å²) in [5, 5.41) is 0. The number of carbonyl (C=O) groups excluding carboxylic acids is 3. The molecule has 374 valence electrons. The maximum atomic E-state index is 12.8. The van der Waals surface area contributed by atoms with E-state index in [0.717, 1.165) is 57.8 Å². The molecule has 0 fully saturated rings. The van der Waals surface area contributed by atoms with Crippen molar-refractivity contribution < 1.29 is 28.6 Å². The minimum Gasteiger partial charge on any atom is -0.462 e. The summed E-state index contributed by atoms with van der Waals surface area (Å²) < 4.78 is 16.9. The number of rotatable bonds is 53. The third kappa shape index (κ3) is 51.3. The molecule has 0 aromatic rings. The minimum absolute atomic E-state index is 0.0611. The highest BCUT2D eigenvalue weighted by molar-refractivity contribution is 5.71. The molecule has 0 unspecified atom stereocenters. The Hall–Kier alpha value is -1.59. The van der Waals surface area contributed by atoms with Gasteiger partial charge >= 0.3 is 17.9 Å². The lowest BCUT2D eigenvalue weighted by Gasteiger charge is -2.18. The van der Waals surface area contributed by atoms with Gasteiger partial charge in [-0.1, -0.05) is 290 Å². The molecule has 0 N–H and O–H groups in total. The van der Waals surface area contributed by atoms with Gasteiger partial charge in [0.2, 0.25) is 0 Å². The Balaban J connectivity index is 4.26. The molecule has 0 aliphatic heterocycles. The third-order valence-electron chi connectivity index (χ3n) is 13.1. The second-order valence-corrected chi connectivity index (χ2v) is 19.6. The minimum atomic E-state index is -0.760. The van der Waals surface area contributed by atoms with Crippen molar-refractivity contribution >= 4 is 17.9 Å².